The maximum atomic E-state index is 11.9. The van der Waals surface area contributed by atoms with Gasteiger partial charge in [0.2, 0.25) is 0 Å². The van der Waals surface area contributed by atoms with Gasteiger partial charge in [-0.25, -0.2) is 0 Å². The van der Waals surface area contributed by atoms with Gasteiger partial charge >= 0.3 is 0 Å². The van der Waals surface area contributed by atoms with Crippen molar-refractivity contribution < 1.29 is 17.0 Å². The van der Waals surface area contributed by atoms with Crippen LogP contribution in [0, 0.1) is 6.92 Å². The molecule has 0 bridgehead atoms. The molecular formula is C13H13BrO4S. The molecule has 1 aromatic heterocycles. The summed E-state index contributed by atoms with van der Waals surface area (Å²) in [6.07, 6.45) is 1.94. The smallest absolute Gasteiger partial charge is 0.296 e. The first-order valence-electron chi connectivity index (χ1n) is 5.66. The normalized spacial score (nSPS) is 11.7. The van der Waals surface area contributed by atoms with Crippen LogP contribution in [-0.4, -0.2) is 15.0 Å². The molecule has 0 unspecified atom stereocenters. The zero-order chi connectivity index (χ0) is 13.9. The first-order chi connectivity index (χ1) is 8.97. The summed E-state index contributed by atoms with van der Waals surface area (Å²) in [6.45, 7) is 1.95. The van der Waals surface area contributed by atoms with E-state index in [9.17, 15) is 8.42 Å². The molecule has 0 fully saturated rings. The van der Waals surface area contributed by atoms with Crippen molar-refractivity contribution in [1.82, 2.24) is 0 Å². The second-order valence-electron chi connectivity index (χ2n) is 4.07. The minimum Gasteiger partial charge on any atom is -0.468 e. The zero-order valence-electron chi connectivity index (χ0n) is 10.3. The molecule has 0 saturated carbocycles. The monoisotopic (exact) mass is 344 g/mol. The molecule has 0 radical (unpaired) electrons. The molecule has 4 nitrogen and oxygen atoms in total. The van der Waals surface area contributed by atoms with Crippen molar-refractivity contribution in [2.75, 3.05) is 6.61 Å². The highest BCUT2D eigenvalue weighted by molar-refractivity contribution is 9.10. The molecule has 102 valence electrons. The van der Waals surface area contributed by atoms with E-state index in [1.165, 1.54) is 12.1 Å². The SMILES string of the molecule is Cc1ccc(S(=O)(=O)OCCc2cc(Br)co2)cc1. The second kappa shape index (κ2) is 5.90. The molecule has 0 amide bonds. The Morgan fingerprint density at radius 2 is 1.95 bits per heavy atom. The van der Waals surface area contributed by atoms with E-state index in [0.29, 0.717) is 12.2 Å². The fourth-order valence-corrected chi connectivity index (χ4v) is 2.77. The lowest BCUT2D eigenvalue weighted by molar-refractivity contribution is 0.310. The van der Waals surface area contributed by atoms with Crippen LogP contribution in [0.3, 0.4) is 0 Å². The molecule has 0 aliphatic rings. The predicted molar refractivity (Wildman–Crippen MR) is 74.4 cm³/mol. The Morgan fingerprint density at radius 1 is 1.26 bits per heavy atom. The lowest BCUT2D eigenvalue weighted by atomic mass is 10.2. The molecule has 0 N–H and O–H groups in total. The predicted octanol–water partition coefficient (Wildman–Crippen LogP) is 3.30. The summed E-state index contributed by atoms with van der Waals surface area (Å²) in [6, 6.07) is 8.32. The molecule has 0 aliphatic heterocycles. The highest BCUT2D eigenvalue weighted by atomic mass is 79.9. The van der Waals surface area contributed by atoms with E-state index in [-0.39, 0.29) is 11.5 Å². The third kappa shape index (κ3) is 3.92. The van der Waals surface area contributed by atoms with Crippen LogP contribution in [0.1, 0.15) is 11.3 Å². The van der Waals surface area contributed by atoms with Crippen molar-refractivity contribution in [3.63, 3.8) is 0 Å². The maximum Gasteiger partial charge on any atom is 0.296 e. The summed E-state index contributed by atoms with van der Waals surface area (Å²) in [5.41, 5.74) is 0.999. The van der Waals surface area contributed by atoms with Crippen molar-refractivity contribution in [1.29, 1.82) is 0 Å². The van der Waals surface area contributed by atoms with E-state index in [4.69, 9.17) is 8.60 Å². The average molecular weight is 345 g/mol. The van der Waals surface area contributed by atoms with Crippen molar-refractivity contribution >= 4 is 26.0 Å². The Hall–Kier alpha value is -1.11. The van der Waals surface area contributed by atoms with Crippen LogP contribution in [0.25, 0.3) is 0 Å². The minimum absolute atomic E-state index is 0.0517. The van der Waals surface area contributed by atoms with E-state index in [0.717, 1.165) is 10.0 Å². The van der Waals surface area contributed by atoms with Crippen LogP contribution in [0.5, 0.6) is 0 Å². The van der Waals surface area contributed by atoms with Gasteiger partial charge in [-0.2, -0.15) is 8.42 Å². The third-order valence-corrected chi connectivity index (χ3v) is 4.26. The van der Waals surface area contributed by atoms with Crippen molar-refractivity contribution in [3.05, 3.63) is 52.4 Å². The van der Waals surface area contributed by atoms with Gasteiger partial charge < -0.3 is 4.42 Å². The van der Waals surface area contributed by atoms with Gasteiger partial charge in [0, 0.05) is 6.42 Å². The van der Waals surface area contributed by atoms with Crippen molar-refractivity contribution in [2.45, 2.75) is 18.2 Å². The average Bonchev–Trinajstić information content (AvgIpc) is 2.75. The van der Waals surface area contributed by atoms with Crippen LogP contribution >= 0.6 is 15.9 Å². The molecule has 2 aromatic rings. The molecule has 1 heterocycles. The number of rotatable bonds is 5. The topological polar surface area (TPSA) is 56.5 Å². The summed E-state index contributed by atoms with van der Waals surface area (Å²) in [5.74, 6) is 0.672. The summed E-state index contributed by atoms with van der Waals surface area (Å²) >= 11 is 3.25. The van der Waals surface area contributed by atoms with Crippen LogP contribution in [0.4, 0.5) is 0 Å². The number of hydrogen-bond acceptors (Lipinski definition) is 4. The molecule has 1 aromatic carbocycles. The first kappa shape index (κ1) is 14.3. The van der Waals surface area contributed by atoms with Gasteiger partial charge in [0.1, 0.15) is 12.0 Å². The van der Waals surface area contributed by atoms with E-state index in [1.54, 1.807) is 24.5 Å². The van der Waals surface area contributed by atoms with Crippen molar-refractivity contribution in [3.8, 4) is 0 Å². The fraction of sp³-hybridized carbons (Fsp3) is 0.231. The lowest BCUT2D eigenvalue weighted by Gasteiger charge is -2.05. The number of hydrogen-bond donors (Lipinski definition) is 0. The number of aryl methyl sites for hydroxylation is 1. The largest absolute Gasteiger partial charge is 0.468 e. The Labute approximate surface area is 120 Å². The van der Waals surface area contributed by atoms with Crippen molar-refractivity contribution in [2.24, 2.45) is 0 Å². The Morgan fingerprint density at radius 3 is 2.53 bits per heavy atom. The van der Waals surface area contributed by atoms with Gasteiger partial charge in [-0.3, -0.25) is 4.18 Å². The lowest BCUT2D eigenvalue weighted by Crippen LogP contribution is -2.09. The molecule has 0 spiro atoms. The van der Waals surface area contributed by atoms with Crippen LogP contribution in [-0.2, 0) is 20.7 Å². The number of benzene rings is 1. The second-order valence-corrected chi connectivity index (χ2v) is 6.60. The van der Waals surface area contributed by atoms with Gasteiger partial charge in [-0.05, 0) is 41.1 Å². The molecular weight excluding hydrogens is 332 g/mol. The highest BCUT2D eigenvalue weighted by Crippen LogP contribution is 2.16. The fourth-order valence-electron chi connectivity index (χ4n) is 1.51. The quantitative estimate of drug-likeness (QED) is 0.781. The zero-order valence-corrected chi connectivity index (χ0v) is 12.7. The molecule has 19 heavy (non-hydrogen) atoms. The van der Waals surface area contributed by atoms with Crippen LogP contribution < -0.4 is 0 Å². The molecule has 0 saturated heterocycles. The van der Waals surface area contributed by atoms with E-state index in [1.807, 2.05) is 6.92 Å². The molecule has 2 rings (SSSR count). The van der Waals surface area contributed by atoms with Gasteiger partial charge in [-0.1, -0.05) is 17.7 Å². The maximum absolute atomic E-state index is 11.9. The number of furan rings is 1. The summed E-state index contributed by atoms with van der Waals surface area (Å²) < 4.78 is 34.7. The summed E-state index contributed by atoms with van der Waals surface area (Å²) in [7, 11) is -3.69. The summed E-state index contributed by atoms with van der Waals surface area (Å²) in [4.78, 5) is 0.165. The number of halogens is 1. The molecule has 0 atom stereocenters. The Balaban J connectivity index is 1.96. The van der Waals surface area contributed by atoms with Crippen LogP contribution in [0.2, 0.25) is 0 Å². The van der Waals surface area contributed by atoms with Gasteiger partial charge in [-0.15, -0.1) is 0 Å². The Kier molecular flexibility index (Phi) is 4.44. The highest BCUT2D eigenvalue weighted by Gasteiger charge is 2.14. The van der Waals surface area contributed by atoms with Gasteiger partial charge in [0.15, 0.2) is 0 Å². The standard InChI is InChI=1S/C13H13BrO4S/c1-10-2-4-13(5-3-10)19(15,16)18-7-6-12-8-11(14)9-17-12/h2-5,8-9H,6-7H2,1H3. The van der Waals surface area contributed by atoms with Gasteiger partial charge in [0.05, 0.1) is 16.0 Å². The minimum atomic E-state index is -3.69. The summed E-state index contributed by atoms with van der Waals surface area (Å²) in [5, 5.41) is 0. The first-order valence-corrected chi connectivity index (χ1v) is 7.86. The van der Waals surface area contributed by atoms with E-state index < -0.39 is 10.1 Å². The Bertz CT molecular complexity index is 644. The molecule has 6 heteroatoms. The van der Waals surface area contributed by atoms with Gasteiger partial charge in [0.25, 0.3) is 10.1 Å². The van der Waals surface area contributed by atoms with E-state index in [2.05, 4.69) is 15.9 Å². The third-order valence-electron chi connectivity index (χ3n) is 2.52. The molecule has 0 aliphatic carbocycles. The van der Waals surface area contributed by atoms with E-state index >= 15 is 0 Å². The van der Waals surface area contributed by atoms with Crippen LogP contribution in [0.15, 0.2) is 50.4 Å².